The van der Waals surface area contributed by atoms with Crippen LogP contribution in [0.5, 0.6) is 0 Å². The maximum atomic E-state index is 4.96. The van der Waals surface area contributed by atoms with E-state index in [4.69, 9.17) is 4.74 Å². The van der Waals surface area contributed by atoms with Crippen LogP contribution in [0.1, 0.15) is 0 Å². The Bertz CT molecular complexity index is 375. The fraction of sp³-hybridized carbons (Fsp3) is 0.273. The fourth-order valence-corrected chi connectivity index (χ4v) is 1.46. The molecule has 0 fully saturated rings. The number of aromatic amines is 1. The normalized spacial score (nSPS) is 10.6. The summed E-state index contributed by atoms with van der Waals surface area (Å²) in [6, 6.07) is 10.3. The number of rotatable bonds is 4. The van der Waals surface area contributed by atoms with Gasteiger partial charge in [-0.3, -0.25) is 0 Å². The zero-order valence-corrected chi connectivity index (χ0v) is 8.21. The Labute approximate surface area is 83.1 Å². The summed E-state index contributed by atoms with van der Waals surface area (Å²) in [6.07, 6.45) is 0. The first-order chi connectivity index (χ1) is 6.90. The van der Waals surface area contributed by atoms with Gasteiger partial charge >= 0.3 is 0 Å². The molecule has 0 saturated heterocycles. The van der Waals surface area contributed by atoms with E-state index in [0.717, 1.165) is 24.5 Å². The van der Waals surface area contributed by atoms with Crippen molar-refractivity contribution in [1.29, 1.82) is 0 Å². The Hall–Kier alpha value is -1.48. The van der Waals surface area contributed by atoms with Gasteiger partial charge in [0.05, 0.1) is 6.61 Å². The number of fused-ring (bicyclic) bond motifs is 1. The van der Waals surface area contributed by atoms with E-state index in [1.165, 1.54) is 5.39 Å². The Balaban J connectivity index is 2.11. The number of aromatic nitrogens is 1. The van der Waals surface area contributed by atoms with Crippen molar-refractivity contribution < 1.29 is 4.74 Å². The quantitative estimate of drug-likeness (QED) is 0.725. The molecular weight excluding hydrogens is 176 g/mol. The first kappa shape index (κ1) is 9.09. The summed E-state index contributed by atoms with van der Waals surface area (Å²) in [6.45, 7) is 1.54. The lowest BCUT2D eigenvalue weighted by Gasteiger charge is -2.01. The molecule has 0 aliphatic carbocycles. The molecule has 1 aromatic heterocycles. The Morgan fingerprint density at radius 1 is 1.36 bits per heavy atom. The van der Waals surface area contributed by atoms with Gasteiger partial charge in [0.2, 0.25) is 0 Å². The third-order valence-electron chi connectivity index (χ3n) is 2.15. The third-order valence-corrected chi connectivity index (χ3v) is 2.15. The monoisotopic (exact) mass is 190 g/mol. The van der Waals surface area contributed by atoms with Gasteiger partial charge in [0.1, 0.15) is 5.82 Å². The van der Waals surface area contributed by atoms with Crippen LogP contribution in [-0.2, 0) is 4.74 Å². The van der Waals surface area contributed by atoms with Crippen molar-refractivity contribution in [1.82, 2.24) is 4.98 Å². The lowest BCUT2D eigenvalue weighted by Crippen LogP contribution is -2.07. The van der Waals surface area contributed by atoms with Gasteiger partial charge < -0.3 is 15.0 Å². The van der Waals surface area contributed by atoms with E-state index in [-0.39, 0.29) is 0 Å². The number of ether oxygens (including phenoxy) is 1. The fourth-order valence-electron chi connectivity index (χ4n) is 1.46. The smallest absolute Gasteiger partial charge is 0.104 e. The summed E-state index contributed by atoms with van der Waals surface area (Å²) >= 11 is 0. The minimum atomic E-state index is 0.718. The summed E-state index contributed by atoms with van der Waals surface area (Å²) in [7, 11) is 1.70. The van der Waals surface area contributed by atoms with E-state index in [0.29, 0.717) is 0 Å². The molecule has 0 unspecified atom stereocenters. The van der Waals surface area contributed by atoms with E-state index in [1.807, 2.05) is 12.1 Å². The molecule has 0 amide bonds. The summed E-state index contributed by atoms with van der Waals surface area (Å²) in [5.41, 5.74) is 1.16. The molecular formula is C11H14N2O. The summed E-state index contributed by atoms with van der Waals surface area (Å²) in [5, 5.41) is 4.48. The number of anilines is 1. The zero-order chi connectivity index (χ0) is 9.80. The highest BCUT2D eigenvalue weighted by Gasteiger charge is 1.97. The maximum absolute atomic E-state index is 4.96. The molecule has 0 radical (unpaired) electrons. The molecule has 74 valence electrons. The van der Waals surface area contributed by atoms with Gasteiger partial charge in [-0.05, 0) is 12.1 Å². The minimum absolute atomic E-state index is 0.718. The number of H-pyrrole nitrogens is 1. The molecule has 0 spiro atoms. The molecule has 0 atom stereocenters. The number of methoxy groups -OCH3 is 1. The first-order valence-corrected chi connectivity index (χ1v) is 4.71. The molecule has 2 N–H and O–H groups in total. The molecule has 3 nitrogen and oxygen atoms in total. The first-order valence-electron chi connectivity index (χ1n) is 4.71. The van der Waals surface area contributed by atoms with E-state index < -0.39 is 0 Å². The van der Waals surface area contributed by atoms with Gasteiger partial charge in [0, 0.05) is 24.6 Å². The predicted octanol–water partition coefficient (Wildman–Crippen LogP) is 2.23. The molecule has 0 bridgehead atoms. The molecule has 14 heavy (non-hydrogen) atoms. The average Bonchev–Trinajstić information content (AvgIpc) is 2.60. The van der Waals surface area contributed by atoms with E-state index in [2.05, 4.69) is 28.5 Å². The Morgan fingerprint density at radius 2 is 2.21 bits per heavy atom. The highest BCUT2D eigenvalue weighted by Crippen LogP contribution is 2.17. The second kappa shape index (κ2) is 4.15. The van der Waals surface area contributed by atoms with E-state index >= 15 is 0 Å². The van der Waals surface area contributed by atoms with Crippen LogP contribution in [0.3, 0.4) is 0 Å². The average molecular weight is 190 g/mol. The Morgan fingerprint density at radius 3 is 3.00 bits per heavy atom. The maximum Gasteiger partial charge on any atom is 0.104 e. The lowest BCUT2D eigenvalue weighted by atomic mass is 10.2. The topological polar surface area (TPSA) is 37.0 Å². The predicted molar refractivity (Wildman–Crippen MR) is 58.7 cm³/mol. The van der Waals surface area contributed by atoms with Crippen LogP contribution in [0.2, 0.25) is 0 Å². The second-order valence-electron chi connectivity index (χ2n) is 3.19. The van der Waals surface area contributed by atoms with Crippen LogP contribution in [0.15, 0.2) is 30.3 Å². The van der Waals surface area contributed by atoms with Crippen LogP contribution >= 0.6 is 0 Å². The highest BCUT2D eigenvalue weighted by molar-refractivity contribution is 5.83. The van der Waals surface area contributed by atoms with Gasteiger partial charge in [-0.1, -0.05) is 18.2 Å². The second-order valence-corrected chi connectivity index (χ2v) is 3.19. The standard InChI is InChI=1S/C11H14N2O/c1-14-7-6-12-11-8-9-4-2-3-5-10(9)13-11/h2-5,8,12-13H,6-7H2,1H3. The van der Waals surface area contributed by atoms with Crippen LogP contribution in [0.4, 0.5) is 5.82 Å². The number of para-hydroxylation sites is 1. The van der Waals surface area contributed by atoms with E-state index in [9.17, 15) is 0 Å². The summed E-state index contributed by atoms with van der Waals surface area (Å²) in [5.74, 6) is 1.04. The largest absolute Gasteiger partial charge is 0.383 e. The molecule has 0 saturated carbocycles. The molecule has 1 heterocycles. The number of nitrogens with one attached hydrogen (secondary N) is 2. The summed E-state index contributed by atoms with van der Waals surface area (Å²) < 4.78 is 4.96. The number of hydrogen-bond donors (Lipinski definition) is 2. The van der Waals surface area contributed by atoms with Gasteiger partial charge in [-0.2, -0.15) is 0 Å². The van der Waals surface area contributed by atoms with Crippen LogP contribution in [0, 0.1) is 0 Å². The molecule has 2 aromatic rings. The highest BCUT2D eigenvalue weighted by atomic mass is 16.5. The van der Waals surface area contributed by atoms with Crippen molar-refractivity contribution in [2.45, 2.75) is 0 Å². The van der Waals surface area contributed by atoms with Crippen molar-refractivity contribution in [3.05, 3.63) is 30.3 Å². The molecule has 0 aliphatic rings. The van der Waals surface area contributed by atoms with Crippen LogP contribution in [-0.4, -0.2) is 25.2 Å². The van der Waals surface area contributed by atoms with E-state index in [1.54, 1.807) is 7.11 Å². The van der Waals surface area contributed by atoms with Gasteiger partial charge in [0.25, 0.3) is 0 Å². The molecule has 1 aromatic carbocycles. The zero-order valence-electron chi connectivity index (χ0n) is 8.21. The molecule has 0 aliphatic heterocycles. The third kappa shape index (κ3) is 1.88. The minimum Gasteiger partial charge on any atom is -0.383 e. The van der Waals surface area contributed by atoms with Crippen molar-refractivity contribution in [2.24, 2.45) is 0 Å². The van der Waals surface area contributed by atoms with Crippen LogP contribution < -0.4 is 5.32 Å². The van der Waals surface area contributed by atoms with Crippen molar-refractivity contribution in [3.8, 4) is 0 Å². The van der Waals surface area contributed by atoms with Crippen molar-refractivity contribution in [3.63, 3.8) is 0 Å². The Kier molecular flexibility index (Phi) is 2.70. The lowest BCUT2D eigenvalue weighted by molar-refractivity contribution is 0.210. The van der Waals surface area contributed by atoms with Crippen molar-refractivity contribution >= 4 is 16.7 Å². The molecule has 3 heteroatoms. The molecule has 2 rings (SSSR count). The number of benzene rings is 1. The van der Waals surface area contributed by atoms with Gasteiger partial charge in [-0.25, -0.2) is 0 Å². The number of hydrogen-bond acceptors (Lipinski definition) is 2. The van der Waals surface area contributed by atoms with Gasteiger partial charge in [0.15, 0.2) is 0 Å². The van der Waals surface area contributed by atoms with Gasteiger partial charge in [-0.15, -0.1) is 0 Å². The summed E-state index contributed by atoms with van der Waals surface area (Å²) in [4.78, 5) is 3.29. The SMILES string of the molecule is COCCNc1cc2ccccc2[nH]1. The van der Waals surface area contributed by atoms with Crippen LogP contribution in [0.25, 0.3) is 10.9 Å². The van der Waals surface area contributed by atoms with Crippen molar-refractivity contribution in [2.75, 3.05) is 25.6 Å².